The molecule has 0 spiro atoms. The number of benzene rings is 2. The van der Waals surface area contributed by atoms with Crippen LogP contribution in [-0.4, -0.2) is 11.5 Å². The van der Waals surface area contributed by atoms with Gasteiger partial charge in [0.25, 0.3) is 0 Å². The van der Waals surface area contributed by atoms with Crippen molar-refractivity contribution in [3.05, 3.63) is 65.3 Å². The first kappa shape index (κ1) is 13.9. The van der Waals surface area contributed by atoms with E-state index < -0.39 is 0 Å². The van der Waals surface area contributed by atoms with Crippen molar-refractivity contribution in [2.24, 2.45) is 5.73 Å². The van der Waals surface area contributed by atoms with E-state index in [9.17, 15) is 4.39 Å². The van der Waals surface area contributed by atoms with Gasteiger partial charge < -0.3 is 5.73 Å². The Bertz CT molecular complexity index is 738. The van der Waals surface area contributed by atoms with Gasteiger partial charge in [-0.25, -0.2) is 9.37 Å². The average Bonchev–Trinajstić information content (AvgIpc) is 2.93. The molecule has 0 fully saturated rings. The van der Waals surface area contributed by atoms with Crippen LogP contribution in [0.3, 0.4) is 0 Å². The second kappa shape index (κ2) is 6.16. The summed E-state index contributed by atoms with van der Waals surface area (Å²) in [5.41, 5.74) is 8.18. The summed E-state index contributed by atoms with van der Waals surface area (Å²) in [5.74, 6) is -0.245. The number of halogens is 1. The zero-order chi connectivity index (χ0) is 14.7. The maximum absolute atomic E-state index is 13.9. The molecule has 21 heavy (non-hydrogen) atoms. The molecule has 2 nitrogen and oxygen atoms in total. The van der Waals surface area contributed by atoms with Crippen LogP contribution < -0.4 is 5.73 Å². The second-order valence-electron chi connectivity index (χ2n) is 4.68. The number of hydrogen-bond acceptors (Lipinski definition) is 3. The molecule has 0 atom stereocenters. The predicted octanol–water partition coefficient (Wildman–Crippen LogP) is 4.12. The molecule has 0 unspecified atom stereocenters. The van der Waals surface area contributed by atoms with Crippen LogP contribution in [0.1, 0.15) is 4.88 Å². The summed E-state index contributed by atoms with van der Waals surface area (Å²) in [6.45, 7) is 0.554. The van der Waals surface area contributed by atoms with Gasteiger partial charge in [-0.15, -0.1) is 11.3 Å². The molecule has 3 rings (SSSR count). The molecule has 2 aromatic carbocycles. The fourth-order valence-electron chi connectivity index (χ4n) is 2.22. The van der Waals surface area contributed by atoms with Crippen molar-refractivity contribution in [3.63, 3.8) is 0 Å². The minimum absolute atomic E-state index is 0.245. The van der Waals surface area contributed by atoms with Gasteiger partial charge in [-0.05, 0) is 25.1 Å². The number of nitrogens with two attached hydrogens (primary N) is 1. The van der Waals surface area contributed by atoms with E-state index >= 15 is 0 Å². The first-order valence-corrected chi connectivity index (χ1v) is 7.61. The smallest absolute Gasteiger partial charge is 0.133 e. The molecule has 0 saturated heterocycles. The highest BCUT2D eigenvalue weighted by Crippen LogP contribution is 2.34. The lowest BCUT2D eigenvalue weighted by Gasteiger charge is -2.00. The summed E-state index contributed by atoms with van der Waals surface area (Å²) < 4.78 is 13.9. The van der Waals surface area contributed by atoms with E-state index in [0.717, 1.165) is 22.6 Å². The Kier molecular flexibility index (Phi) is 4.08. The van der Waals surface area contributed by atoms with Crippen molar-refractivity contribution in [1.29, 1.82) is 0 Å². The average molecular weight is 298 g/mol. The Labute approximate surface area is 127 Å². The first-order chi connectivity index (χ1) is 10.3. The Morgan fingerprint density at radius 1 is 1.00 bits per heavy atom. The fraction of sp³-hybridized carbons (Fsp3) is 0.118. The van der Waals surface area contributed by atoms with Gasteiger partial charge in [-0.1, -0.05) is 42.5 Å². The molecule has 106 valence electrons. The van der Waals surface area contributed by atoms with Crippen LogP contribution in [0.25, 0.3) is 21.8 Å². The van der Waals surface area contributed by atoms with Crippen molar-refractivity contribution in [2.45, 2.75) is 6.42 Å². The third-order valence-corrected chi connectivity index (χ3v) is 4.37. The number of nitrogens with zero attached hydrogens (tertiary/aromatic N) is 1. The van der Waals surface area contributed by atoms with E-state index in [0.29, 0.717) is 17.1 Å². The van der Waals surface area contributed by atoms with Gasteiger partial charge in [0, 0.05) is 16.0 Å². The molecule has 0 aliphatic heterocycles. The van der Waals surface area contributed by atoms with Gasteiger partial charge in [0.15, 0.2) is 0 Å². The first-order valence-electron chi connectivity index (χ1n) is 6.79. The molecule has 0 bridgehead atoms. The number of thiazole rings is 1. The van der Waals surface area contributed by atoms with Gasteiger partial charge in [0.2, 0.25) is 0 Å². The van der Waals surface area contributed by atoms with E-state index in [-0.39, 0.29) is 5.82 Å². The van der Waals surface area contributed by atoms with E-state index in [4.69, 9.17) is 5.73 Å². The van der Waals surface area contributed by atoms with Gasteiger partial charge in [-0.2, -0.15) is 0 Å². The summed E-state index contributed by atoms with van der Waals surface area (Å²) in [5, 5.41) is 0.704. The van der Waals surface area contributed by atoms with E-state index in [1.165, 1.54) is 17.4 Å². The molecule has 0 saturated carbocycles. The van der Waals surface area contributed by atoms with Crippen LogP contribution in [0, 0.1) is 5.82 Å². The van der Waals surface area contributed by atoms with Crippen LogP contribution in [0.5, 0.6) is 0 Å². The monoisotopic (exact) mass is 298 g/mol. The molecule has 0 aliphatic rings. The van der Waals surface area contributed by atoms with Gasteiger partial charge in [0.1, 0.15) is 10.8 Å². The van der Waals surface area contributed by atoms with Crippen molar-refractivity contribution >= 4 is 11.3 Å². The van der Waals surface area contributed by atoms with Gasteiger partial charge in [0.05, 0.1) is 5.69 Å². The lowest BCUT2D eigenvalue weighted by molar-refractivity contribution is 0.631. The van der Waals surface area contributed by atoms with Crippen LogP contribution in [-0.2, 0) is 6.42 Å². The molecule has 3 aromatic rings. The topological polar surface area (TPSA) is 38.9 Å². The van der Waals surface area contributed by atoms with E-state index in [1.54, 1.807) is 12.1 Å². The molecule has 1 aromatic heterocycles. The molecule has 0 radical (unpaired) electrons. The Morgan fingerprint density at radius 3 is 2.43 bits per heavy atom. The van der Waals surface area contributed by atoms with Crippen molar-refractivity contribution in [3.8, 4) is 21.8 Å². The third-order valence-electron chi connectivity index (χ3n) is 3.22. The summed E-state index contributed by atoms with van der Waals surface area (Å²) in [7, 11) is 0. The highest BCUT2D eigenvalue weighted by Gasteiger charge is 2.15. The maximum atomic E-state index is 13.9. The Balaban J connectivity index is 2.11. The van der Waals surface area contributed by atoms with Crippen molar-refractivity contribution < 1.29 is 4.39 Å². The predicted molar refractivity (Wildman–Crippen MR) is 85.7 cm³/mol. The molecule has 0 aliphatic carbocycles. The molecule has 2 N–H and O–H groups in total. The van der Waals surface area contributed by atoms with Crippen LogP contribution >= 0.6 is 11.3 Å². The summed E-state index contributed by atoms with van der Waals surface area (Å²) >= 11 is 1.52. The molecular weight excluding hydrogens is 283 g/mol. The summed E-state index contributed by atoms with van der Waals surface area (Å²) in [6.07, 6.45) is 0.746. The van der Waals surface area contributed by atoms with Gasteiger partial charge in [-0.3, -0.25) is 0 Å². The molecular formula is C17H15FN2S. The largest absolute Gasteiger partial charge is 0.330 e. The number of aromatic nitrogens is 1. The third kappa shape index (κ3) is 2.86. The quantitative estimate of drug-likeness (QED) is 0.787. The number of rotatable bonds is 4. The maximum Gasteiger partial charge on any atom is 0.133 e. The normalized spacial score (nSPS) is 10.8. The molecule has 0 amide bonds. The molecule has 1 heterocycles. The Hall–Kier alpha value is -2.04. The van der Waals surface area contributed by atoms with Gasteiger partial charge >= 0.3 is 0 Å². The van der Waals surface area contributed by atoms with Crippen LogP contribution in [0.4, 0.5) is 4.39 Å². The molecule has 4 heteroatoms. The minimum Gasteiger partial charge on any atom is -0.330 e. The fourth-order valence-corrected chi connectivity index (χ4v) is 3.35. The minimum atomic E-state index is -0.245. The summed E-state index contributed by atoms with van der Waals surface area (Å²) in [4.78, 5) is 5.75. The van der Waals surface area contributed by atoms with Crippen LogP contribution in [0.15, 0.2) is 54.6 Å². The lowest BCUT2D eigenvalue weighted by atomic mass is 10.1. The van der Waals surface area contributed by atoms with Crippen molar-refractivity contribution in [2.75, 3.05) is 6.54 Å². The van der Waals surface area contributed by atoms with E-state index in [1.807, 2.05) is 36.4 Å². The van der Waals surface area contributed by atoms with Crippen LogP contribution in [0.2, 0.25) is 0 Å². The zero-order valence-corrected chi connectivity index (χ0v) is 12.2. The lowest BCUT2D eigenvalue weighted by Crippen LogP contribution is -2.02. The van der Waals surface area contributed by atoms with Crippen molar-refractivity contribution in [1.82, 2.24) is 4.98 Å². The summed E-state index contributed by atoms with van der Waals surface area (Å²) in [6, 6.07) is 16.7. The zero-order valence-electron chi connectivity index (χ0n) is 11.4. The SMILES string of the molecule is NCCc1sc(-c2ccccc2F)nc1-c1ccccc1. The number of hydrogen-bond donors (Lipinski definition) is 1. The second-order valence-corrected chi connectivity index (χ2v) is 5.76. The highest BCUT2D eigenvalue weighted by atomic mass is 32.1. The highest BCUT2D eigenvalue weighted by molar-refractivity contribution is 7.15. The van der Waals surface area contributed by atoms with E-state index in [2.05, 4.69) is 4.98 Å². The Morgan fingerprint density at radius 2 is 1.71 bits per heavy atom. The standard InChI is InChI=1S/C17H15FN2S/c18-14-9-5-4-8-13(14)17-20-16(15(21-17)10-11-19)12-6-2-1-3-7-12/h1-9H,10-11,19H2.